The molecular weight excluding hydrogens is 219 g/mol. The normalized spacial score (nSPS) is 10.8. The molecule has 0 amide bonds. The molecule has 0 fully saturated rings. The summed E-state index contributed by atoms with van der Waals surface area (Å²) in [6.07, 6.45) is 2.34. The van der Waals surface area contributed by atoms with Gasteiger partial charge in [-0.1, -0.05) is 0 Å². The highest BCUT2D eigenvalue weighted by molar-refractivity contribution is 5.86. The van der Waals surface area contributed by atoms with Crippen LogP contribution in [0.3, 0.4) is 0 Å². The van der Waals surface area contributed by atoms with Crippen LogP contribution in [0, 0.1) is 5.82 Å². The van der Waals surface area contributed by atoms with E-state index in [1.54, 1.807) is 16.9 Å². The van der Waals surface area contributed by atoms with E-state index >= 15 is 0 Å². The average Bonchev–Trinajstić information content (AvgIpc) is 2.77. The second-order valence-corrected chi connectivity index (χ2v) is 4.10. The van der Waals surface area contributed by atoms with Crippen molar-refractivity contribution >= 4 is 6.29 Å². The summed E-state index contributed by atoms with van der Waals surface area (Å²) in [6, 6.07) is 6.19. The van der Waals surface area contributed by atoms with Crippen molar-refractivity contribution in [1.29, 1.82) is 0 Å². The topological polar surface area (TPSA) is 34.9 Å². The van der Waals surface area contributed by atoms with Gasteiger partial charge in [0.05, 0.1) is 5.69 Å². The van der Waals surface area contributed by atoms with Crippen molar-refractivity contribution in [2.45, 2.75) is 19.9 Å². The summed E-state index contributed by atoms with van der Waals surface area (Å²) >= 11 is 0. The first-order chi connectivity index (χ1) is 8.13. The fourth-order valence-electron chi connectivity index (χ4n) is 1.80. The third-order valence-electron chi connectivity index (χ3n) is 2.58. The van der Waals surface area contributed by atoms with Gasteiger partial charge in [0, 0.05) is 23.4 Å². The molecule has 0 N–H and O–H groups in total. The fourth-order valence-corrected chi connectivity index (χ4v) is 1.80. The average molecular weight is 232 g/mol. The molecule has 3 nitrogen and oxygen atoms in total. The van der Waals surface area contributed by atoms with Gasteiger partial charge in [0.15, 0.2) is 6.29 Å². The van der Waals surface area contributed by atoms with Crippen molar-refractivity contribution in [2.24, 2.45) is 0 Å². The quantitative estimate of drug-likeness (QED) is 0.762. The summed E-state index contributed by atoms with van der Waals surface area (Å²) in [5.74, 6) is -0.411. The van der Waals surface area contributed by atoms with Gasteiger partial charge in [-0.05, 0) is 38.1 Å². The van der Waals surface area contributed by atoms with Crippen molar-refractivity contribution in [2.75, 3.05) is 0 Å². The Bertz CT molecular complexity index is 546. The van der Waals surface area contributed by atoms with Crippen LogP contribution >= 0.6 is 0 Å². The van der Waals surface area contributed by atoms with E-state index in [-0.39, 0.29) is 6.04 Å². The highest BCUT2D eigenvalue weighted by atomic mass is 19.1. The highest BCUT2D eigenvalue weighted by Gasteiger charge is 2.12. The van der Waals surface area contributed by atoms with Crippen molar-refractivity contribution in [3.05, 3.63) is 41.8 Å². The first-order valence-corrected chi connectivity index (χ1v) is 5.42. The molecule has 0 saturated heterocycles. The molecule has 2 aromatic rings. The van der Waals surface area contributed by atoms with Crippen LogP contribution in [0.2, 0.25) is 0 Å². The summed E-state index contributed by atoms with van der Waals surface area (Å²) in [4.78, 5) is 11.0. The van der Waals surface area contributed by atoms with E-state index in [1.807, 2.05) is 19.9 Å². The summed E-state index contributed by atoms with van der Waals surface area (Å²) in [5, 5.41) is 4.20. The van der Waals surface area contributed by atoms with Gasteiger partial charge in [-0.3, -0.25) is 9.48 Å². The molecule has 0 aliphatic carbocycles. The molecule has 0 aliphatic heterocycles. The van der Waals surface area contributed by atoms with E-state index in [9.17, 15) is 9.18 Å². The van der Waals surface area contributed by atoms with Gasteiger partial charge >= 0.3 is 0 Å². The van der Waals surface area contributed by atoms with Crippen LogP contribution in [-0.2, 0) is 0 Å². The molecule has 1 aromatic heterocycles. The molecular formula is C13H13FN2O. The smallest absolute Gasteiger partial charge is 0.150 e. The number of nitrogens with zero attached hydrogens (tertiary/aromatic N) is 2. The lowest BCUT2D eigenvalue weighted by Gasteiger charge is -2.12. The minimum atomic E-state index is -0.411. The van der Waals surface area contributed by atoms with Crippen LogP contribution < -0.4 is 0 Å². The summed E-state index contributed by atoms with van der Waals surface area (Å²) in [7, 11) is 0. The minimum absolute atomic E-state index is 0.185. The number of aromatic nitrogens is 2. The molecule has 0 radical (unpaired) electrons. The monoisotopic (exact) mass is 232 g/mol. The van der Waals surface area contributed by atoms with E-state index in [4.69, 9.17) is 0 Å². The van der Waals surface area contributed by atoms with E-state index < -0.39 is 5.82 Å². The van der Waals surface area contributed by atoms with Crippen LogP contribution in [0.15, 0.2) is 30.5 Å². The van der Waals surface area contributed by atoms with Crippen LogP contribution in [-0.4, -0.2) is 16.1 Å². The zero-order valence-electron chi connectivity index (χ0n) is 9.72. The van der Waals surface area contributed by atoms with Crippen molar-refractivity contribution < 1.29 is 9.18 Å². The van der Waals surface area contributed by atoms with Gasteiger partial charge in [-0.25, -0.2) is 4.39 Å². The van der Waals surface area contributed by atoms with Crippen molar-refractivity contribution in [1.82, 2.24) is 9.78 Å². The lowest BCUT2D eigenvalue weighted by molar-refractivity contribution is 0.112. The zero-order valence-corrected chi connectivity index (χ0v) is 9.72. The lowest BCUT2D eigenvalue weighted by Crippen LogP contribution is -2.05. The molecule has 0 unspecified atom stereocenters. The van der Waals surface area contributed by atoms with Crippen LogP contribution in [0.25, 0.3) is 11.3 Å². The molecule has 0 saturated carbocycles. The molecule has 2 rings (SSSR count). The second-order valence-electron chi connectivity index (χ2n) is 4.10. The third kappa shape index (κ3) is 2.11. The van der Waals surface area contributed by atoms with Crippen molar-refractivity contribution in [3.63, 3.8) is 0 Å². The molecule has 0 spiro atoms. The number of aldehydes is 1. The number of hydrogen-bond acceptors (Lipinski definition) is 2. The van der Waals surface area contributed by atoms with Crippen LogP contribution in [0.4, 0.5) is 4.39 Å². The summed E-state index contributed by atoms with van der Waals surface area (Å²) in [5.41, 5.74) is 1.86. The van der Waals surface area contributed by atoms with Crippen molar-refractivity contribution in [3.8, 4) is 11.3 Å². The maximum Gasteiger partial charge on any atom is 0.150 e. The Morgan fingerprint density at radius 2 is 2.12 bits per heavy atom. The first kappa shape index (κ1) is 11.5. The number of rotatable bonds is 3. The predicted octanol–water partition coefficient (Wildman–Crippen LogP) is 3.08. The molecule has 0 aliphatic rings. The van der Waals surface area contributed by atoms with Gasteiger partial charge in [0.1, 0.15) is 5.82 Å². The fraction of sp³-hybridized carbons (Fsp3) is 0.231. The first-order valence-electron chi connectivity index (χ1n) is 5.42. The number of carbonyl (C=O) groups excluding carboxylic acids is 1. The number of benzene rings is 1. The lowest BCUT2D eigenvalue weighted by atomic mass is 10.1. The Morgan fingerprint density at radius 3 is 2.76 bits per heavy atom. The zero-order chi connectivity index (χ0) is 12.4. The van der Waals surface area contributed by atoms with Gasteiger partial charge in [-0.15, -0.1) is 0 Å². The molecule has 1 aromatic carbocycles. The van der Waals surface area contributed by atoms with Crippen LogP contribution in [0.5, 0.6) is 0 Å². The number of hydrogen-bond donors (Lipinski definition) is 0. The van der Waals surface area contributed by atoms with Crippen LogP contribution in [0.1, 0.15) is 30.2 Å². The van der Waals surface area contributed by atoms with E-state index in [1.165, 1.54) is 12.1 Å². The summed E-state index contributed by atoms with van der Waals surface area (Å²) < 4.78 is 14.9. The molecule has 0 bridgehead atoms. The minimum Gasteiger partial charge on any atom is -0.298 e. The van der Waals surface area contributed by atoms with Gasteiger partial charge in [-0.2, -0.15) is 5.10 Å². The largest absolute Gasteiger partial charge is 0.298 e. The SMILES string of the molecule is CC(C)n1nccc1-c1ccc(F)cc1C=O. The second kappa shape index (κ2) is 4.49. The number of carbonyl (C=O) groups is 1. The Kier molecular flexibility index (Phi) is 3.04. The van der Waals surface area contributed by atoms with E-state index in [0.717, 1.165) is 5.69 Å². The molecule has 0 atom stereocenters. The molecule has 88 valence electrons. The highest BCUT2D eigenvalue weighted by Crippen LogP contribution is 2.25. The van der Waals surface area contributed by atoms with E-state index in [0.29, 0.717) is 17.4 Å². The third-order valence-corrected chi connectivity index (χ3v) is 2.58. The summed E-state index contributed by atoms with van der Waals surface area (Å²) in [6.45, 7) is 4.00. The van der Waals surface area contributed by atoms with Gasteiger partial charge in [0.25, 0.3) is 0 Å². The van der Waals surface area contributed by atoms with E-state index in [2.05, 4.69) is 5.10 Å². The Morgan fingerprint density at radius 1 is 1.35 bits per heavy atom. The predicted molar refractivity (Wildman–Crippen MR) is 63.4 cm³/mol. The Hall–Kier alpha value is -1.97. The Labute approximate surface area is 98.9 Å². The standard InChI is InChI=1S/C13H13FN2O/c1-9(2)16-13(5-6-15-16)12-4-3-11(14)7-10(12)8-17/h3-9H,1-2H3. The number of halogens is 1. The maximum absolute atomic E-state index is 13.1. The Balaban J connectivity index is 2.60. The molecule has 1 heterocycles. The molecule has 4 heteroatoms. The van der Waals surface area contributed by atoms with Gasteiger partial charge < -0.3 is 0 Å². The molecule has 17 heavy (non-hydrogen) atoms. The van der Waals surface area contributed by atoms with Gasteiger partial charge in [0.2, 0.25) is 0 Å². The maximum atomic E-state index is 13.1.